The minimum atomic E-state index is 0.799. The van der Waals surface area contributed by atoms with Gasteiger partial charge >= 0.3 is 0 Å². The molecule has 0 saturated carbocycles. The highest BCUT2D eigenvalue weighted by Gasteiger charge is 2.09. The smallest absolute Gasteiger partial charge is 0.130 e. The molecule has 0 N–H and O–H groups in total. The molecule has 0 heterocycles. The first-order valence-electron chi connectivity index (χ1n) is 41.5. The zero-order valence-corrected chi connectivity index (χ0v) is 72.5. The lowest BCUT2D eigenvalue weighted by molar-refractivity contribution is 0.469. The van der Waals surface area contributed by atoms with Gasteiger partial charge in [0.2, 0.25) is 0 Å². The van der Waals surface area contributed by atoms with Crippen molar-refractivity contribution < 1.29 is 23.7 Å². The highest BCUT2D eigenvalue weighted by atomic mass is 32.2. The molecule has 0 aliphatic heterocycles. The molecule has 14 aromatic rings. The minimum Gasteiger partial charge on any atom is -0.457 e. The Morgan fingerprint density at radius 1 is 0.155 bits per heavy atom. The fraction of sp³-hybridized carbons (Fsp3) is 0.222. The van der Waals surface area contributed by atoms with Crippen molar-refractivity contribution in [1.29, 1.82) is 0 Å². The molecule has 0 bridgehead atoms. The molecule has 0 radical (unpaired) electrons. The van der Waals surface area contributed by atoms with Crippen LogP contribution in [0.25, 0.3) is 0 Å². The van der Waals surface area contributed by atoms with Gasteiger partial charge in [0, 0.05) is 29.4 Å². The Kier molecular flexibility index (Phi) is 38.2. The monoisotopic (exact) mass is 1590 g/mol. The van der Waals surface area contributed by atoms with Crippen LogP contribution in [0.1, 0.15) is 150 Å². The van der Waals surface area contributed by atoms with Gasteiger partial charge in [-0.15, -0.1) is 0 Å². The van der Waals surface area contributed by atoms with Crippen molar-refractivity contribution in [3.8, 4) is 57.5 Å². The van der Waals surface area contributed by atoms with E-state index in [1.54, 1.807) is 0 Å². The number of para-hydroxylation sites is 2. The molecule has 0 fully saturated rings. The third-order valence-corrected chi connectivity index (χ3v) is 22.5. The van der Waals surface area contributed by atoms with Gasteiger partial charge < -0.3 is 23.7 Å². The second kappa shape index (κ2) is 49.8. The number of benzene rings is 14. The van der Waals surface area contributed by atoms with Gasteiger partial charge in [0.1, 0.15) is 57.5 Å². The number of rotatable bonds is 28. The summed E-state index contributed by atoms with van der Waals surface area (Å²) in [7, 11) is 0. The van der Waals surface area contributed by atoms with Crippen LogP contribution in [0.4, 0.5) is 0 Å². The average Bonchev–Trinajstić information content (AvgIpc) is 0.834. The molecule has 14 aromatic carbocycles. The molecule has 0 saturated heterocycles. The van der Waals surface area contributed by atoms with Crippen molar-refractivity contribution in [2.75, 3.05) is 0 Å². The predicted molar refractivity (Wildman–Crippen MR) is 495 cm³/mol. The van der Waals surface area contributed by atoms with Crippen LogP contribution < -0.4 is 23.7 Å². The van der Waals surface area contributed by atoms with Gasteiger partial charge in [-0.3, -0.25) is 0 Å². The van der Waals surface area contributed by atoms with Gasteiger partial charge in [-0.25, -0.2) is 0 Å². The van der Waals surface area contributed by atoms with Gasteiger partial charge in [0.15, 0.2) is 0 Å². The molecule has 5 nitrogen and oxygen atoms in total. The molecule has 0 atom stereocenters. The van der Waals surface area contributed by atoms with Crippen LogP contribution in [0.3, 0.4) is 0 Å². The quantitative estimate of drug-likeness (QED) is 0.0481. The van der Waals surface area contributed by atoms with E-state index in [0.717, 1.165) is 135 Å². The first-order chi connectivity index (χ1) is 56.8. The summed E-state index contributed by atoms with van der Waals surface area (Å²) in [5.74, 6) is 8.84. The average molecular weight is 1590 g/mol. The maximum atomic E-state index is 6.02. The molecule has 0 aliphatic rings. The van der Waals surface area contributed by atoms with Gasteiger partial charge in [0.05, 0.1) is 0 Å². The lowest BCUT2D eigenvalue weighted by atomic mass is 10.1. The first-order valence-corrected chi connectivity index (χ1v) is 44.0. The van der Waals surface area contributed by atoms with Crippen molar-refractivity contribution in [3.63, 3.8) is 0 Å². The second-order valence-electron chi connectivity index (χ2n) is 27.7. The van der Waals surface area contributed by atoms with E-state index in [-0.39, 0.29) is 0 Å². The highest BCUT2D eigenvalue weighted by molar-refractivity contribution is 8.00. The van der Waals surface area contributed by atoms with Gasteiger partial charge in [-0.1, -0.05) is 276 Å². The molecule has 116 heavy (non-hydrogen) atoms. The molecule has 0 amide bonds. The summed E-state index contributed by atoms with van der Waals surface area (Å²) < 4.78 is 29.4. The second-order valence-corrected chi connectivity index (χ2v) is 31.1. The zero-order chi connectivity index (χ0) is 81.9. The largest absolute Gasteiger partial charge is 0.457 e. The van der Waals surface area contributed by atoms with Crippen LogP contribution in [0, 0.1) is 0 Å². The van der Waals surface area contributed by atoms with E-state index in [1.165, 1.54) is 96.1 Å². The Morgan fingerprint density at radius 3 is 0.560 bits per heavy atom. The molecule has 0 aromatic heterocycles. The third-order valence-electron chi connectivity index (χ3n) is 19.5. The normalized spacial score (nSPS) is 10.4. The summed E-state index contributed by atoms with van der Waals surface area (Å²) >= 11 is 5.46. The Labute approximate surface area is 707 Å². The zero-order valence-electron chi connectivity index (χ0n) is 70.1. The summed E-state index contributed by atoms with van der Waals surface area (Å²) in [5, 5.41) is 0. The summed E-state index contributed by atoms with van der Waals surface area (Å²) in [6, 6.07) is 118. The van der Waals surface area contributed by atoms with Crippen LogP contribution >= 0.6 is 35.3 Å². The topological polar surface area (TPSA) is 46.2 Å². The standard InChI is InChI=1S/C22H22O2.C22H22S2.3C16H18O.C16H18S/c2*1-3-17-5-9-19(10-6-17)23-21-13-15-22(16-14-21)24-20-11-7-18(4-2)8-12-20;1-3-13-5-9-15(10-6-13)17-16-11-7-14(4-2)8-12-16;1-3-13-7-5-9-15(11-13)17-16-10-6-8-14(4-2)12-16;1-3-13-9-5-7-11-15(13)17-16-12-8-6-10-14(16)4-2;1-3-13-5-9-15(10-6-13)17-16-11-7-14(4-2)8-12-16/h2*5-16H,3-4H2,1-2H3;4*5-12H,3-4H2,1-2H3. The third kappa shape index (κ3) is 30.7. The summed E-state index contributed by atoms with van der Waals surface area (Å²) in [6.07, 6.45) is 12.6. The highest BCUT2D eigenvalue weighted by Crippen LogP contribution is 2.36. The van der Waals surface area contributed by atoms with Crippen molar-refractivity contribution >= 4 is 35.3 Å². The fourth-order valence-corrected chi connectivity index (χ4v) is 14.5. The van der Waals surface area contributed by atoms with E-state index in [1.807, 2.05) is 157 Å². The van der Waals surface area contributed by atoms with Crippen LogP contribution in [-0.2, 0) is 77.0 Å². The Balaban J connectivity index is 0.000000160. The number of aryl methyl sites for hydroxylation is 12. The summed E-state index contributed by atoms with van der Waals surface area (Å²) in [6.45, 7) is 25.9. The lowest BCUT2D eigenvalue weighted by Crippen LogP contribution is -1.93. The van der Waals surface area contributed by atoms with Crippen molar-refractivity contribution in [2.45, 2.75) is 190 Å². The maximum absolute atomic E-state index is 6.02. The Bertz CT molecular complexity index is 4510. The van der Waals surface area contributed by atoms with E-state index in [9.17, 15) is 0 Å². The number of hydrogen-bond donors (Lipinski definition) is 0. The predicted octanol–water partition coefficient (Wildman–Crippen LogP) is 32.3. The van der Waals surface area contributed by atoms with Crippen LogP contribution in [0.2, 0.25) is 0 Å². The van der Waals surface area contributed by atoms with Crippen LogP contribution in [0.15, 0.2) is 369 Å². The Morgan fingerprint density at radius 2 is 0.345 bits per heavy atom. The number of ether oxygens (including phenoxy) is 5. The van der Waals surface area contributed by atoms with E-state index >= 15 is 0 Å². The molecule has 0 spiro atoms. The van der Waals surface area contributed by atoms with E-state index in [0.29, 0.717) is 0 Å². The SMILES string of the molecule is CCc1ccc(Oc2ccc(CC)cc2)cc1.CCc1ccc(Oc2ccc(Oc3ccc(CC)cc3)cc2)cc1.CCc1ccc(Sc2ccc(CC)cc2)cc1.CCc1ccc(Sc2ccc(Sc3ccc(CC)cc3)cc2)cc1.CCc1cccc(Oc2cccc(CC)c2)c1.CCc1ccccc1Oc1ccccc1CC. The van der Waals surface area contributed by atoms with Crippen molar-refractivity contribution in [3.05, 3.63) is 406 Å². The van der Waals surface area contributed by atoms with Crippen LogP contribution in [-0.4, -0.2) is 0 Å². The van der Waals surface area contributed by atoms with Crippen molar-refractivity contribution in [2.24, 2.45) is 0 Å². The van der Waals surface area contributed by atoms with Crippen LogP contribution in [0.5, 0.6) is 57.5 Å². The molecular weight excluding hydrogens is 1470 g/mol. The van der Waals surface area contributed by atoms with Gasteiger partial charge in [-0.05, 0) is 326 Å². The summed E-state index contributed by atoms with van der Waals surface area (Å²) in [5.41, 5.74) is 15.9. The van der Waals surface area contributed by atoms with Gasteiger partial charge in [0.25, 0.3) is 0 Å². The fourth-order valence-electron chi connectivity index (χ4n) is 12.0. The Hall–Kier alpha value is -10.9. The van der Waals surface area contributed by atoms with E-state index < -0.39 is 0 Å². The molecule has 0 unspecified atom stereocenters. The molecule has 14 rings (SSSR count). The number of hydrogen-bond acceptors (Lipinski definition) is 8. The first kappa shape index (κ1) is 89.1. The molecule has 596 valence electrons. The van der Waals surface area contributed by atoms with E-state index in [2.05, 4.69) is 301 Å². The van der Waals surface area contributed by atoms with E-state index in [4.69, 9.17) is 23.7 Å². The molecule has 8 heteroatoms. The van der Waals surface area contributed by atoms with Gasteiger partial charge in [-0.2, -0.15) is 0 Å². The van der Waals surface area contributed by atoms with Crippen molar-refractivity contribution in [1.82, 2.24) is 0 Å². The molecular formula is C108H116O5S3. The minimum absolute atomic E-state index is 0.799. The summed E-state index contributed by atoms with van der Waals surface area (Å²) in [4.78, 5) is 7.78. The molecule has 0 aliphatic carbocycles. The maximum Gasteiger partial charge on any atom is 0.130 e. The lowest BCUT2D eigenvalue weighted by Gasteiger charge is -2.12.